The molecule has 0 aliphatic heterocycles. The Kier molecular flexibility index (Phi) is 5.64. The average molecular weight is 323 g/mol. The summed E-state index contributed by atoms with van der Waals surface area (Å²) in [6, 6.07) is 5.09. The third-order valence-electron chi connectivity index (χ3n) is 3.56. The van der Waals surface area contributed by atoms with E-state index in [-0.39, 0.29) is 0 Å². The molecule has 0 spiro atoms. The zero-order valence-corrected chi connectivity index (χ0v) is 14.8. The van der Waals surface area contributed by atoms with Gasteiger partial charge >= 0.3 is 6.09 Å². The van der Waals surface area contributed by atoms with E-state index in [0.29, 0.717) is 23.3 Å². The molecule has 1 amide bonds. The maximum Gasteiger partial charge on any atom is 0.411 e. The lowest BCUT2D eigenvalue weighted by Gasteiger charge is -2.36. The summed E-state index contributed by atoms with van der Waals surface area (Å²) >= 11 is 0. The summed E-state index contributed by atoms with van der Waals surface area (Å²) in [5.41, 5.74) is -1.24. The molecule has 1 aromatic carbocycles. The quantitative estimate of drug-likeness (QED) is 0.779. The van der Waals surface area contributed by atoms with Crippen LogP contribution in [0.4, 0.5) is 4.79 Å². The normalized spacial score (nSPS) is 13.7. The molecule has 0 fully saturated rings. The molecule has 0 N–H and O–H groups in total. The Morgan fingerprint density at radius 3 is 2.09 bits per heavy atom. The van der Waals surface area contributed by atoms with E-state index in [1.165, 1.54) is 26.2 Å². The van der Waals surface area contributed by atoms with E-state index in [4.69, 9.17) is 14.2 Å². The molecule has 0 aliphatic rings. The van der Waals surface area contributed by atoms with E-state index in [1.54, 1.807) is 45.9 Å². The number of carbonyl (C=O) groups excluding carboxylic acids is 2. The number of nitrogens with zero attached hydrogens (tertiary/aromatic N) is 1. The Balaban J connectivity index is 3.23. The highest BCUT2D eigenvalue weighted by atomic mass is 16.6. The van der Waals surface area contributed by atoms with Crippen LogP contribution in [0.3, 0.4) is 0 Å². The summed E-state index contributed by atoms with van der Waals surface area (Å²) < 4.78 is 15.8. The van der Waals surface area contributed by atoms with Crippen LogP contribution in [-0.2, 0) is 15.1 Å². The average Bonchev–Trinajstić information content (AvgIpc) is 2.50. The number of methoxy groups -OCH3 is 2. The second-order valence-electron chi connectivity index (χ2n) is 6.37. The van der Waals surface area contributed by atoms with E-state index in [0.717, 1.165) is 0 Å². The minimum absolute atomic E-state index is 0.482. The zero-order chi connectivity index (χ0) is 17.8. The van der Waals surface area contributed by atoms with Crippen molar-refractivity contribution in [1.29, 1.82) is 0 Å². The molecule has 0 saturated carbocycles. The number of rotatable bonds is 5. The predicted molar refractivity (Wildman–Crippen MR) is 87.0 cm³/mol. The van der Waals surface area contributed by atoms with Gasteiger partial charge in [-0.1, -0.05) is 6.07 Å². The van der Waals surface area contributed by atoms with Gasteiger partial charge < -0.3 is 19.0 Å². The van der Waals surface area contributed by atoms with E-state index in [9.17, 15) is 9.59 Å². The van der Waals surface area contributed by atoms with Gasteiger partial charge in [-0.05, 0) is 45.4 Å². The minimum atomic E-state index is -1.19. The highest BCUT2D eigenvalue weighted by molar-refractivity contribution is 5.78. The van der Waals surface area contributed by atoms with Gasteiger partial charge in [0.2, 0.25) is 0 Å². The number of carbonyl (C=O) groups is 2. The molecule has 0 aliphatic carbocycles. The molecule has 0 heterocycles. The molecule has 1 aromatic rings. The van der Waals surface area contributed by atoms with Crippen LogP contribution < -0.4 is 9.47 Å². The van der Waals surface area contributed by atoms with E-state index in [1.807, 2.05) is 0 Å². The summed E-state index contributed by atoms with van der Waals surface area (Å²) in [5, 5.41) is 0. The van der Waals surface area contributed by atoms with E-state index in [2.05, 4.69) is 0 Å². The van der Waals surface area contributed by atoms with Crippen molar-refractivity contribution >= 4 is 12.4 Å². The molecule has 1 rings (SSSR count). The first-order chi connectivity index (χ1) is 10.6. The first kappa shape index (κ1) is 18.8. The fourth-order valence-corrected chi connectivity index (χ4v) is 2.01. The van der Waals surface area contributed by atoms with Crippen molar-refractivity contribution in [2.75, 3.05) is 21.3 Å². The number of hydrogen-bond donors (Lipinski definition) is 0. The summed E-state index contributed by atoms with van der Waals surface area (Å²) in [6.45, 7) is 6.96. The number of amides is 1. The van der Waals surface area contributed by atoms with Crippen LogP contribution in [0.1, 0.15) is 33.3 Å². The lowest BCUT2D eigenvalue weighted by atomic mass is 9.92. The van der Waals surface area contributed by atoms with Crippen LogP contribution in [0.15, 0.2) is 18.2 Å². The van der Waals surface area contributed by atoms with Gasteiger partial charge in [-0.15, -0.1) is 0 Å². The maximum atomic E-state index is 12.3. The lowest BCUT2D eigenvalue weighted by Crippen LogP contribution is -2.48. The SMILES string of the molecule is COc1ccc(C(C)(C=O)N(C)C(=O)OC(C)(C)C)cc1OC. The lowest BCUT2D eigenvalue weighted by molar-refractivity contribution is -0.117. The summed E-state index contributed by atoms with van der Waals surface area (Å²) in [7, 11) is 4.57. The Bertz CT molecular complexity index is 579. The molecule has 0 bridgehead atoms. The molecule has 128 valence electrons. The van der Waals surface area contributed by atoms with Gasteiger partial charge in [0.1, 0.15) is 17.4 Å². The molecule has 23 heavy (non-hydrogen) atoms. The minimum Gasteiger partial charge on any atom is -0.493 e. The predicted octanol–water partition coefficient (Wildman–Crippen LogP) is 2.98. The molecule has 0 aromatic heterocycles. The fourth-order valence-electron chi connectivity index (χ4n) is 2.01. The second kappa shape index (κ2) is 6.89. The van der Waals surface area contributed by atoms with Gasteiger partial charge in [0.05, 0.1) is 14.2 Å². The molecule has 0 saturated heterocycles. The van der Waals surface area contributed by atoms with Crippen LogP contribution in [0, 0.1) is 0 Å². The molecular formula is C17H25NO5. The molecule has 6 nitrogen and oxygen atoms in total. The third-order valence-corrected chi connectivity index (χ3v) is 3.56. The van der Waals surface area contributed by atoms with Gasteiger partial charge in [-0.3, -0.25) is 4.90 Å². The van der Waals surface area contributed by atoms with Crippen molar-refractivity contribution in [2.45, 2.75) is 38.8 Å². The van der Waals surface area contributed by atoms with Crippen molar-refractivity contribution in [1.82, 2.24) is 4.90 Å². The third kappa shape index (κ3) is 4.15. The van der Waals surface area contributed by atoms with Gasteiger partial charge in [0, 0.05) is 7.05 Å². The molecular weight excluding hydrogens is 298 g/mol. The number of likely N-dealkylation sites (N-methyl/N-ethyl adjacent to an activating group) is 1. The van der Waals surface area contributed by atoms with Gasteiger partial charge in [0.15, 0.2) is 11.5 Å². The van der Waals surface area contributed by atoms with E-state index < -0.39 is 17.2 Å². The van der Waals surface area contributed by atoms with Crippen LogP contribution in [0.5, 0.6) is 11.5 Å². The maximum absolute atomic E-state index is 12.3. The fraction of sp³-hybridized carbons (Fsp3) is 0.529. The number of aldehydes is 1. The monoisotopic (exact) mass is 323 g/mol. The van der Waals surface area contributed by atoms with Gasteiger partial charge in [0.25, 0.3) is 0 Å². The number of ether oxygens (including phenoxy) is 3. The largest absolute Gasteiger partial charge is 0.493 e. The molecule has 1 unspecified atom stereocenters. The molecule has 0 radical (unpaired) electrons. The first-order valence-corrected chi connectivity index (χ1v) is 7.24. The van der Waals surface area contributed by atoms with Crippen molar-refractivity contribution in [3.05, 3.63) is 23.8 Å². The van der Waals surface area contributed by atoms with Crippen LogP contribution in [0.25, 0.3) is 0 Å². The zero-order valence-electron chi connectivity index (χ0n) is 14.8. The number of hydrogen-bond acceptors (Lipinski definition) is 5. The smallest absolute Gasteiger partial charge is 0.411 e. The highest BCUT2D eigenvalue weighted by Gasteiger charge is 2.37. The summed E-state index contributed by atoms with van der Waals surface area (Å²) in [4.78, 5) is 25.3. The van der Waals surface area contributed by atoms with Crippen LogP contribution in [-0.4, -0.2) is 44.1 Å². The van der Waals surface area contributed by atoms with Crippen molar-refractivity contribution in [2.24, 2.45) is 0 Å². The van der Waals surface area contributed by atoms with Gasteiger partial charge in [-0.2, -0.15) is 0 Å². The van der Waals surface area contributed by atoms with Gasteiger partial charge in [-0.25, -0.2) is 4.79 Å². The molecule has 6 heteroatoms. The standard InChI is InChI=1S/C17H25NO5/c1-16(2,3)23-15(20)18(5)17(4,11-19)12-8-9-13(21-6)14(10-12)22-7/h8-11H,1-7H3. The van der Waals surface area contributed by atoms with Crippen molar-refractivity contribution in [3.63, 3.8) is 0 Å². The van der Waals surface area contributed by atoms with Crippen LogP contribution in [0.2, 0.25) is 0 Å². The first-order valence-electron chi connectivity index (χ1n) is 7.24. The van der Waals surface area contributed by atoms with Crippen molar-refractivity contribution < 1.29 is 23.8 Å². The van der Waals surface area contributed by atoms with Crippen molar-refractivity contribution in [3.8, 4) is 11.5 Å². The Hall–Kier alpha value is -2.24. The Labute approximate surface area is 137 Å². The topological polar surface area (TPSA) is 65.1 Å². The van der Waals surface area contributed by atoms with Crippen LogP contribution >= 0.6 is 0 Å². The highest BCUT2D eigenvalue weighted by Crippen LogP contribution is 2.34. The second-order valence-corrected chi connectivity index (χ2v) is 6.37. The summed E-state index contributed by atoms with van der Waals surface area (Å²) in [5.74, 6) is 1.03. The summed E-state index contributed by atoms with van der Waals surface area (Å²) in [6.07, 6.45) is 0.125. The molecule has 1 atom stereocenters. The number of benzene rings is 1. The van der Waals surface area contributed by atoms with E-state index >= 15 is 0 Å². The Morgan fingerprint density at radius 1 is 1.09 bits per heavy atom. The Morgan fingerprint density at radius 2 is 1.65 bits per heavy atom.